The monoisotopic (exact) mass is 351 g/mol. The first kappa shape index (κ1) is 18.7. The summed E-state index contributed by atoms with van der Waals surface area (Å²) in [6.45, 7) is 2.61. The SMILES string of the molecule is COc1ccc([N+](=O)[O-])cc1NC(=O)C(C)N1CCCC(C(=O)O)C1. The van der Waals surface area contributed by atoms with E-state index in [-0.39, 0.29) is 17.3 Å². The third-order valence-electron chi connectivity index (χ3n) is 4.38. The molecule has 25 heavy (non-hydrogen) atoms. The lowest BCUT2D eigenvalue weighted by atomic mass is 9.97. The molecule has 2 atom stereocenters. The van der Waals surface area contributed by atoms with Gasteiger partial charge in [0.05, 0.1) is 29.7 Å². The lowest BCUT2D eigenvalue weighted by molar-refractivity contribution is -0.384. The van der Waals surface area contributed by atoms with Crippen molar-refractivity contribution in [3.05, 3.63) is 28.3 Å². The fourth-order valence-corrected chi connectivity index (χ4v) is 2.87. The van der Waals surface area contributed by atoms with Gasteiger partial charge in [0.15, 0.2) is 0 Å². The zero-order chi connectivity index (χ0) is 18.6. The molecule has 9 heteroatoms. The van der Waals surface area contributed by atoms with Gasteiger partial charge in [-0.15, -0.1) is 0 Å². The van der Waals surface area contributed by atoms with Gasteiger partial charge in [-0.25, -0.2) is 0 Å². The predicted octanol–water partition coefficient (Wildman–Crippen LogP) is 1.73. The molecule has 1 aromatic carbocycles. The number of methoxy groups -OCH3 is 1. The first-order valence-corrected chi connectivity index (χ1v) is 7.93. The number of piperidine rings is 1. The summed E-state index contributed by atoms with van der Waals surface area (Å²) < 4.78 is 5.13. The number of carboxylic acid groups (broad SMARTS) is 1. The number of anilines is 1. The lowest BCUT2D eigenvalue weighted by Crippen LogP contribution is -2.48. The summed E-state index contributed by atoms with van der Waals surface area (Å²) in [4.78, 5) is 35.8. The Morgan fingerprint density at radius 2 is 2.20 bits per heavy atom. The van der Waals surface area contributed by atoms with Crippen LogP contribution in [0.4, 0.5) is 11.4 Å². The van der Waals surface area contributed by atoms with Crippen LogP contribution in [-0.4, -0.2) is 53.0 Å². The number of hydrogen-bond acceptors (Lipinski definition) is 6. The van der Waals surface area contributed by atoms with Crippen LogP contribution in [0.5, 0.6) is 5.75 Å². The number of aliphatic carboxylic acids is 1. The van der Waals surface area contributed by atoms with E-state index in [2.05, 4.69) is 5.32 Å². The number of ether oxygens (including phenoxy) is 1. The van der Waals surface area contributed by atoms with Crippen molar-refractivity contribution in [3.63, 3.8) is 0 Å². The van der Waals surface area contributed by atoms with Gasteiger partial charge in [0, 0.05) is 18.7 Å². The van der Waals surface area contributed by atoms with Crippen molar-refractivity contribution in [3.8, 4) is 5.75 Å². The van der Waals surface area contributed by atoms with Gasteiger partial charge >= 0.3 is 5.97 Å². The number of nitro groups is 1. The number of rotatable bonds is 6. The number of nitro benzene ring substituents is 1. The van der Waals surface area contributed by atoms with Crippen LogP contribution in [0, 0.1) is 16.0 Å². The highest BCUT2D eigenvalue weighted by atomic mass is 16.6. The molecule has 1 aromatic rings. The standard InChI is InChI=1S/C16H21N3O6/c1-10(18-7-3-4-11(9-18)16(21)22)15(20)17-13-8-12(19(23)24)5-6-14(13)25-2/h5-6,8,10-11H,3-4,7,9H2,1-2H3,(H,17,20)(H,21,22). The van der Waals surface area contributed by atoms with Gasteiger partial charge in [0.1, 0.15) is 5.75 Å². The second-order valence-corrected chi connectivity index (χ2v) is 5.98. The Morgan fingerprint density at radius 3 is 2.80 bits per heavy atom. The predicted molar refractivity (Wildman–Crippen MR) is 89.7 cm³/mol. The summed E-state index contributed by atoms with van der Waals surface area (Å²) in [5, 5.41) is 22.7. The zero-order valence-electron chi connectivity index (χ0n) is 14.1. The average Bonchev–Trinajstić information content (AvgIpc) is 2.60. The molecule has 0 saturated carbocycles. The smallest absolute Gasteiger partial charge is 0.307 e. The van der Waals surface area contributed by atoms with Crippen molar-refractivity contribution in [1.29, 1.82) is 0 Å². The van der Waals surface area contributed by atoms with Crippen LogP contribution in [0.1, 0.15) is 19.8 Å². The number of nitrogens with one attached hydrogen (secondary N) is 1. The van der Waals surface area contributed by atoms with Gasteiger partial charge in [0.2, 0.25) is 5.91 Å². The van der Waals surface area contributed by atoms with Gasteiger partial charge in [-0.3, -0.25) is 24.6 Å². The van der Waals surface area contributed by atoms with E-state index in [1.165, 1.54) is 25.3 Å². The van der Waals surface area contributed by atoms with Crippen molar-refractivity contribution in [2.24, 2.45) is 5.92 Å². The molecule has 1 heterocycles. The van der Waals surface area contributed by atoms with Crippen LogP contribution in [0.25, 0.3) is 0 Å². The lowest BCUT2D eigenvalue weighted by Gasteiger charge is -2.34. The van der Waals surface area contributed by atoms with Crippen LogP contribution in [0.3, 0.4) is 0 Å². The third kappa shape index (κ3) is 4.44. The fourth-order valence-electron chi connectivity index (χ4n) is 2.87. The van der Waals surface area contributed by atoms with E-state index >= 15 is 0 Å². The Kier molecular flexibility index (Phi) is 5.92. The largest absolute Gasteiger partial charge is 0.495 e. The van der Waals surface area contributed by atoms with Crippen molar-refractivity contribution in [1.82, 2.24) is 4.90 Å². The molecule has 1 fully saturated rings. The Labute approximate surface area is 144 Å². The van der Waals surface area contributed by atoms with Gasteiger partial charge in [0.25, 0.3) is 5.69 Å². The minimum atomic E-state index is -0.863. The molecule has 136 valence electrons. The number of likely N-dealkylation sites (tertiary alicyclic amines) is 1. The maximum atomic E-state index is 12.5. The minimum absolute atomic E-state index is 0.160. The van der Waals surface area contributed by atoms with E-state index in [0.717, 1.165) is 0 Å². The van der Waals surface area contributed by atoms with Gasteiger partial charge in [-0.05, 0) is 32.4 Å². The normalized spacial score (nSPS) is 19.0. The van der Waals surface area contributed by atoms with Crippen molar-refractivity contribution >= 4 is 23.3 Å². The number of benzene rings is 1. The van der Waals surface area contributed by atoms with Crippen LogP contribution in [0.15, 0.2) is 18.2 Å². The van der Waals surface area contributed by atoms with Crippen molar-refractivity contribution in [2.75, 3.05) is 25.5 Å². The Hall–Kier alpha value is -2.68. The number of nitrogens with zero attached hydrogens (tertiary/aromatic N) is 2. The number of carbonyl (C=O) groups is 2. The number of carboxylic acids is 1. The highest BCUT2D eigenvalue weighted by molar-refractivity contribution is 5.96. The van der Waals surface area contributed by atoms with E-state index in [1.807, 2.05) is 0 Å². The first-order chi connectivity index (χ1) is 11.8. The maximum absolute atomic E-state index is 12.5. The van der Waals surface area contributed by atoms with Crippen LogP contribution >= 0.6 is 0 Å². The molecule has 2 unspecified atom stereocenters. The highest BCUT2D eigenvalue weighted by Gasteiger charge is 2.31. The number of amides is 1. The number of hydrogen-bond donors (Lipinski definition) is 2. The molecule has 2 N–H and O–H groups in total. The fraction of sp³-hybridized carbons (Fsp3) is 0.500. The van der Waals surface area contributed by atoms with Gasteiger partial charge in [-0.1, -0.05) is 0 Å². The van der Waals surface area contributed by atoms with E-state index in [4.69, 9.17) is 9.84 Å². The Morgan fingerprint density at radius 1 is 1.48 bits per heavy atom. The first-order valence-electron chi connectivity index (χ1n) is 7.93. The van der Waals surface area contributed by atoms with Crippen LogP contribution in [-0.2, 0) is 9.59 Å². The summed E-state index contributed by atoms with van der Waals surface area (Å²) in [5.41, 5.74) is 0.0491. The summed E-state index contributed by atoms with van der Waals surface area (Å²) in [6, 6.07) is 3.38. The second-order valence-electron chi connectivity index (χ2n) is 5.98. The Bertz CT molecular complexity index is 678. The summed E-state index contributed by atoms with van der Waals surface area (Å²) in [7, 11) is 1.41. The van der Waals surface area contributed by atoms with E-state index in [1.54, 1.807) is 11.8 Å². The van der Waals surface area contributed by atoms with Crippen LogP contribution < -0.4 is 10.1 Å². The third-order valence-corrected chi connectivity index (χ3v) is 4.38. The van der Waals surface area contributed by atoms with Gasteiger partial charge in [-0.2, -0.15) is 0 Å². The molecule has 0 radical (unpaired) electrons. The van der Waals surface area contributed by atoms with Crippen LogP contribution in [0.2, 0.25) is 0 Å². The average molecular weight is 351 g/mol. The summed E-state index contributed by atoms with van der Waals surface area (Å²) in [6.07, 6.45) is 1.30. The Balaban J connectivity index is 2.11. The molecule has 1 aliphatic rings. The molecule has 1 saturated heterocycles. The van der Waals surface area contributed by atoms with Gasteiger partial charge < -0.3 is 15.2 Å². The molecule has 0 aromatic heterocycles. The number of carbonyl (C=O) groups excluding carboxylic acids is 1. The van der Waals surface area contributed by atoms with Crippen molar-refractivity contribution in [2.45, 2.75) is 25.8 Å². The van der Waals surface area contributed by atoms with E-state index in [9.17, 15) is 19.7 Å². The molecule has 0 bridgehead atoms. The van der Waals surface area contributed by atoms with E-state index < -0.39 is 22.9 Å². The summed E-state index contributed by atoms with van der Waals surface area (Å²) >= 11 is 0. The maximum Gasteiger partial charge on any atom is 0.307 e. The molecule has 1 aliphatic heterocycles. The zero-order valence-corrected chi connectivity index (χ0v) is 14.1. The molecule has 2 rings (SSSR count). The second kappa shape index (κ2) is 7.93. The molecule has 0 spiro atoms. The number of non-ortho nitro benzene ring substituents is 1. The molecular weight excluding hydrogens is 330 g/mol. The summed E-state index contributed by atoms with van der Waals surface area (Å²) in [5.74, 6) is -1.41. The molecular formula is C16H21N3O6. The highest BCUT2D eigenvalue weighted by Crippen LogP contribution is 2.29. The minimum Gasteiger partial charge on any atom is -0.495 e. The molecule has 9 nitrogen and oxygen atoms in total. The van der Waals surface area contributed by atoms with Crippen molar-refractivity contribution < 1.29 is 24.4 Å². The topological polar surface area (TPSA) is 122 Å². The quantitative estimate of drug-likeness (QED) is 0.591. The molecule has 1 amide bonds. The molecule has 0 aliphatic carbocycles. The van der Waals surface area contributed by atoms with E-state index in [0.29, 0.717) is 31.7 Å².